The second-order valence-corrected chi connectivity index (χ2v) is 5.67. The molecule has 0 aliphatic carbocycles. The van der Waals surface area contributed by atoms with Gasteiger partial charge in [-0.15, -0.1) is 0 Å². The zero-order valence-corrected chi connectivity index (χ0v) is 11.5. The Kier molecular flexibility index (Phi) is 4.60. The lowest BCUT2D eigenvalue weighted by atomic mass is 9.76. The summed E-state index contributed by atoms with van der Waals surface area (Å²) in [4.78, 5) is 2.32. The molecule has 3 nitrogen and oxygen atoms in total. The summed E-state index contributed by atoms with van der Waals surface area (Å²) in [5.74, 6) is 0.300. The molecule has 0 amide bonds. The second-order valence-electron chi connectivity index (χ2n) is 5.67. The highest BCUT2D eigenvalue weighted by Crippen LogP contribution is 2.23. The van der Waals surface area contributed by atoms with Gasteiger partial charge in [-0.1, -0.05) is 13.0 Å². The predicted octanol–water partition coefficient (Wildman–Crippen LogP) is 1.13. The highest BCUT2D eigenvalue weighted by Gasteiger charge is 2.25. The van der Waals surface area contributed by atoms with Gasteiger partial charge >= 0.3 is 7.12 Å². The number of hydrogen-bond acceptors (Lipinski definition) is 3. The molecule has 1 aliphatic heterocycles. The molecule has 0 spiro atoms. The van der Waals surface area contributed by atoms with Gasteiger partial charge in [0.15, 0.2) is 0 Å². The third-order valence-electron chi connectivity index (χ3n) is 4.04. The molecule has 5 heteroatoms. The van der Waals surface area contributed by atoms with Crippen molar-refractivity contribution in [2.75, 3.05) is 6.54 Å². The van der Waals surface area contributed by atoms with E-state index in [1.54, 1.807) is 6.07 Å². The van der Waals surface area contributed by atoms with Crippen LogP contribution in [-0.4, -0.2) is 34.7 Å². The maximum Gasteiger partial charge on any atom is 0.488 e. The van der Waals surface area contributed by atoms with Gasteiger partial charge in [0.05, 0.1) is 0 Å². The van der Waals surface area contributed by atoms with E-state index in [1.807, 2.05) is 0 Å². The Hall–Kier alpha value is -0.905. The van der Waals surface area contributed by atoms with Gasteiger partial charge in [0.2, 0.25) is 0 Å². The maximum absolute atomic E-state index is 13.2. The Balaban J connectivity index is 2.14. The minimum Gasteiger partial charge on any atom is -0.423 e. The van der Waals surface area contributed by atoms with Crippen LogP contribution in [0.25, 0.3) is 0 Å². The molecule has 1 aromatic rings. The van der Waals surface area contributed by atoms with Crippen molar-refractivity contribution >= 4 is 12.6 Å². The monoisotopic (exact) mass is 265 g/mol. The fourth-order valence-electron chi connectivity index (χ4n) is 2.86. The molecule has 104 valence electrons. The number of likely N-dealkylation sites (tertiary alicyclic amines) is 1. The van der Waals surface area contributed by atoms with Crippen molar-refractivity contribution in [3.8, 4) is 0 Å². The van der Waals surface area contributed by atoms with E-state index in [-0.39, 0.29) is 5.46 Å². The van der Waals surface area contributed by atoms with E-state index in [2.05, 4.69) is 18.7 Å². The molecule has 1 aromatic carbocycles. The van der Waals surface area contributed by atoms with E-state index in [4.69, 9.17) is 0 Å². The second kappa shape index (κ2) is 6.03. The lowest BCUT2D eigenvalue weighted by Gasteiger charge is -2.36. The van der Waals surface area contributed by atoms with Gasteiger partial charge in [0, 0.05) is 12.6 Å². The van der Waals surface area contributed by atoms with E-state index in [0.717, 1.165) is 30.9 Å². The highest BCUT2D eigenvalue weighted by atomic mass is 19.1. The molecule has 2 N–H and O–H groups in total. The molecule has 1 heterocycles. The van der Waals surface area contributed by atoms with Crippen molar-refractivity contribution in [3.63, 3.8) is 0 Å². The zero-order valence-electron chi connectivity index (χ0n) is 11.5. The van der Waals surface area contributed by atoms with Gasteiger partial charge in [-0.3, -0.25) is 4.90 Å². The van der Waals surface area contributed by atoms with Crippen LogP contribution >= 0.6 is 0 Å². The van der Waals surface area contributed by atoms with Crippen LogP contribution in [0.2, 0.25) is 0 Å². The van der Waals surface area contributed by atoms with Gasteiger partial charge in [-0.05, 0) is 55.4 Å². The topological polar surface area (TPSA) is 43.7 Å². The van der Waals surface area contributed by atoms with Crippen LogP contribution < -0.4 is 5.46 Å². The maximum atomic E-state index is 13.2. The molecule has 2 atom stereocenters. The van der Waals surface area contributed by atoms with E-state index in [9.17, 15) is 14.4 Å². The Morgan fingerprint density at radius 3 is 2.74 bits per heavy atom. The molecule has 1 aliphatic rings. The summed E-state index contributed by atoms with van der Waals surface area (Å²) in [7, 11) is -1.62. The molecule has 0 saturated carbocycles. The van der Waals surface area contributed by atoms with Crippen molar-refractivity contribution in [2.24, 2.45) is 5.92 Å². The van der Waals surface area contributed by atoms with Crippen LogP contribution in [-0.2, 0) is 6.54 Å². The van der Waals surface area contributed by atoms with Crippen molar-refractivity contribution in [3.05, 3.63) is 29.6 Å². The molecule has 2 unspecified atom stereocenters. The van der Waals surface area contributed by atoms with Crippen LogP contribution in [0.1, 0.15) is 32.3 Å². The summed E-state index contributed by atoms with van der Waals surface area (Å²) < 4.78 is 13.2. The smallest absolute Gasteiger partial charge is 0.423 e. The largest absolute Gasteiger partial charge is 0.488 e. The van der Waals surface area contributed by atoms with Crippen molar-refractivity contribution in [1.82, 2.24) is 4.90 Å². The Bertz CT molecular complexity index is 441. The molecule has 1 saturated heterocycles. The molecule has 0 radical (unpaired) electrons. The minimum absolute atomic E-state index is 0.269. The van der Waals surface area contributed by atoms with Crippen molar-refractivity contribution in [1.29, 1.82) is 0 Å². The van der Waals surface area contributed by atoms with Gasteiger partial charge in [-0.25, -0.2) is 4.39 Å². The molecule has 0 aromatic heterocycles. The van der Waals surface area contributed by atoms with Crippen molar-refractivity contribution < 1.29 is 14.4 Å². The molecule has 2 rings (SSSR count). The van der Waals surface area contributed by atoms with Crippen LogP contribution in [0.5, 0.6) is 0 Å². The number of halogens is 1. The SMILES string of the molecule is CC1CCN(Cc2ccc(F)cc2B(O)O)C(C)C1. The number of benzene rings is 1. The third-order valence-corrected chi connectivity index (χ3v) is 4.04. The Morgan fingerprint density at radius 2 is 2.11 bits per heavy atom. The zero-order chi connectivity index (χ0) is 14.0. The fraction of sp³-hybridized carbons (Fsp3) is 0.571. The van der Waals surface area contributed by atoms with E-state index in [1.165, 1.54) is 12.1 Å². The summed E-state index contributed by atoms with van der Waals surface area (Å²) in [6, 6.07) is 4.70. The first-order valence-corrected chi connectivity index (χ1v) is 6.86. The number of hydrogen-bond donors (Lipinski definition) is 2. The summed E-state index contributed by atoms with van der Waals surface area (Å²) >= 11 is 0. The van der Waals surface area contributed by atoms with Gasteiger partial charge in [-0.2, -0.15) is 0 Å². The first-order chi connectivity index (χ1) is 8.97. The van der Waals surface area contributed by atoms with Crippen LogP contribution in [0.4, 0.5) is 4.39 Å². The quantitative estimate of drug-likeness (QED) is 0.805. The average Bonchev–Trinajstić information content (AvgIpc) is 2.34. The fourth-order valence-corrected chi connectivity index (χ4v) is 2.86. The van der Waals surface area contributed by atoms with Crippen molar-refractivity contribution in [2.45, 2.75) is 39.3 Å². The predicted molar refractivity (Wildman–Crippen MR) is 74.5 cm³/mol. The lowest BCUT2D eigenvalue weighted by Crippen LogP contribution is -2.42. The van der Waals surface area contributed by atoms with Crippen LogP contribution in [0.15, 0.2) is 18.2 Å². The van der Waals surface area contributed by atoms with E-state index >= 15 is 0 Å². The Labute approximate surface area is 114 Å². The molecular formula is C14H21BFNO2. The molecule has 19 heavy (non-hydrogen) atoms. The molecule has 1 fully saturated rings. The summed E-state index contributed by atoms with van der Waals surface area (Å²) in [6.07, 6.45) is 2.31. The standard InChI is InChI=1S/C14H21BFNO2/c1-10-5-6-17(11(2)7-10)9-12-3-4-13(16)8-14(12)15(18)19/h3-4,8,10-11,18-19H,5-7,9H2,1-2H3. The van der Waals surface area contributed by atoms with Crippen LogP contribution in [0, 0.1) is 11.7 Å². The molecule has 0 bridgehead atoms. The van der Waals surface area contributed by atoms with Gasteiger partial charge < -0.3 is 10.0 Å². The minimum atomic E-state index is -1.62. The number of nitrogens with zero attached hydrogens (tertiary/aromatic N) is 1. The van der Waals surface area contributed by atoms with Gasteiger partial charge in [0.1, 0.15) is 5.82 Å². The number of rotatable bonds is 3. The van der Waals surface area contributed by atoms with Gasteiger partial charge in [0.25, 0.3) is 0 Å². The lowest BCUT2D eigenvalue weighted by molar-refractivity contribution is 0.122. The van der Waals surface area contributed by atoms with Crippen LogP contribution in [0.3, 0.4) is 0 Å². The summed E-state index contributed by atoms with van der Waals surface area (Å²) in [6.45, 7) is 6.09. The first kappa shape index (κ1) is 14.5. The third kappa shape index (κ3) is 3.56. The molecular weight excluding hydrogens is 244 g/mol. The first-order valence-electron chi connectivity index (χ1n) is 6.86. The summed E-state index contributed by atoms with van der Waals surface area (Å²) in [5, 5.41) is 18.7. The van der Waals surface area contributed by atoms with E-state index < -0.39 is 12.9 Å². The summed E-state index contributed by atoms with van der Waals surface area (Å²) in [5.41, 5.74) is 1.06. The normalized spacial score (nSPS) is 24.5. The van der Waals surface area contributed by atoms with E-state index in [0.29, 0.717) is 12.6 Å². The Morgan fingerprint density at radius 1 is 1.37 bits per heavy atom. The number of piperidine rings is 1. The highest BCUT2D eigenvalue weighted by molar-refractivity contribution is 6.59. The average molecular weight is 265 g/mol.